The first kappa shape index (κ1) is 13.5. The highest BCUT2D eigenvalue weighted by Crippen LogP contribution is 2.24. The Kier molecular flexibility index (Phi) is 4.69. The summed E-state index contributed by atoms with van der Waals surface area (Å²) in [7, 11) is 0. The zero-order chi connectivity index (χ0) is 13.0. The molecule has 1 aromatic rings. The van der Waals surface area contributed by atoms with Gasteiger partial charge in [0.1, 0.15) is 5.82 Å². The van der Waals surface area contributed by atoms with Crippen molar-refractivity contribution in [1.82, 2.24) is 10.2 Å². The van der Waals surface area contributed by atoms with Crippen LogP contribution in [0.3, 0.4) is 0 Å². The number of aryl methyl sites for hydroxylation is 1. The second-order valence-corrected chi connectivity index (χ2v) is 4.84. The Bertz CT molecular complexity index is 389. The van der Waals surface area contributed by atoms with Gasteiger partial charge in [-0.2, -0.15) is 0 Å². The summed E-state index contributed by atoms with van der Waals surface area (Å²) >= 11 is 0. The maximum atomic E-state index is 13.1. The predicted octanol–water partition coefficient (Wildman–Crippen LogP) is 1.46. The van der Waals surface area contributed by atoms with Crippen molar-refractivity contribution in [3.8, 4) is 0 Å². The SMILES string of the molecule is Cc1cc(F)ccc1C(CO)N1CCCNCC1. The van der Waals surface area contributed by atoms with Gasteiger partial charge in [0.2, 0.25) is 0 Å². The predicted molar refractivity (Wildman–Crippen MR) is 70.0 cm³/mol. The molecule has 1 heterocycles. The molecule has 1 aromatic carbocycles. The normalized spacial score (nSPS) is 19.5. The molecular formula is C14H21FN2O. The van der Waals surface area contributed by atoms with Gasteiger partial charge in [-0.05, 0) is 43.1 Å². The number of benzene rings is 1. The lowest BCUT2D eigenvalue weighted by molar-refractivity contribution is 0.129. The minimum atomic E-state index is -0.217. The van der Waals surface area contributed by atoms with Crippen LogP contribution in [0, 0.1) is 12.7 Å². The molecule has 3 nitrogen and oxygen atoms in total. The molecule has 0 spiro atoms. The van der Waals surface area contributed by atoms with Gasteiger partial charge in [-0.15, -0.1) is 0 Å². The second-order valence-electron chi connectivity index (χ2n) is 4.84. The molecular weight excluding hydrogens is 231 g/mol. The molecule has 0 aromatic heterocycles. The van der Waals surface area contributed by atoms with E-state index in [4.69, 9.17) is 0 Å². The standard InChI is InChI=1S/C14H21FN2O/c1-11-9-12(15)3-4-13(11)14(10-18)17-7-2-5-16-6-8-17/h3-4,9,14,16,18H,2,5-8,10H2,1H3. The highest BCUT2D eigenvalue weighted by atomic mass is 19.1. The molecule has 1 aliphatic heterocycles. The Balaban J connectivity index is 2.20. The first-order chi connectivity index (χ1) is 8.72. The van der Waals surface area contributed by atoms with Crippen LogP contribution < -0.4 is 5.32 Å². The summed E-state index contributed by atoms with van der Waals surface area (Å²) in [6, 6.07) is 4.78. The molecule has 0 amide bonds. The quantitative estimate of drug-likeness (QED) is 0.855. The zero-order valence-electron chi connectivity index (χ0n) is 10.8. The van der Waals surface area contributed by atoms with Crippen LogP contribution in [0.1, 0.15) is 23.6 Å². The number of aliphatic hydroxyl groups excluding tert-OH is 1. The van der Waals surface area contributed by atoms with Crippen molar-refractivity contribution in [3.63, 3.8) is 0 Å². The highest BCUT2D eigenvalue weighted by molar-refractivity contribution is 5.29. The van der Waals surface area contributed by atoms with Crippen LogP contribution in [-0.4, -0.2) is 42.8 Å². The monoisotopic (exact) mass is 252 g/mol. The Hall–Kier alpha value is -0.970. The molecule has 0 saturated carbocycles. The van der Waals surface area contributed by atoms with Crippen molar-refractivity contribution >= 4 is 0 Å². The van der Waals surface area contributed by atoms with Crippen molar-refractivity contribution in [2.24, 2.45) is 0 Å². The van der Waals surface area contributed by atoms with Crippen LogP contribution in [0.2, 0.25) is 0 Å². The minimum absolute atomic E-state index is 0.0227. The maximum absolute atomic E-state index is 13.1. The van der Waals surface area contributed by atoms with Gasteiger partial charge in [0.05, 0.1) is 12.6 Å². The lowest BCUT2D eigenvalue weighted by atomic mass is 10.00. The van der Waals surface area contributed by atoms with Crippen LogP contribution >= 0.6 is 0 Å². The van der Waals surface area contributed by atoms with Gasteiger partial charge in [0, 0.05) is 19.6 Å². The average Bonchev–Trinajstić information content (AvgIpc) is 2.62. The summed E-state index contributed by atoms with van der Waals surface area (Å²) < 4.78 is 13.1. The number of aliphatic hydroxyl groups is 1. The largest absolute Gasteiger partial charge is 0.394 e. The number of rotatable bonds is 3. The van der Waals surface area contributed by atoms with Crippen molar-refractivity contribution in [1.29, 1.82) is 0 Å². The fourth-order valence-corrected chi connectivity index (χ4v) is 2.60. The molecule has 2 N–H and O–H groups in total. The average molecular weight is 252 g/mol. The van der Waals surface area contributed by atoms with Crippen molar-refractivity contribution in [2.45, 2.75) is 19.4 Å². The highest BCUT2D eigenvalue weighted by Gasteiger charge is 2.22. The zero-order valence-corrected chi connectivity index (χ0v) is 10.8. The fourth-order valence-electron chi connectivity index (χ4n) is 2.60. The molecule has 1 saturated heterocycles. The fraction of sp³-hybridized carbons (Fsp3) is 0.571. The van der Waals surface area contributed by atoms with Gasteiger partial charge in [0.25, 0.3) is 0 Å². The van der Waals surface area contributed by atoms with Crippen molar-refractivity contribution in [2.75, 3.05) is 32.8 Å². The molecule has 1 fully saturated rings. The van der Waals surface area contributed by atoms with E-state index in [1.54, 1.807) is 6.07 Å². The Labute approximate surface area is 108 Å². The first-order valence-corrected chi connectivity index (χ1v) is 6.54. The van der Waals surface area contributed by atoms with Gasteiger partial charge in [-0.3, -0.25) is 4.90 Å². The van der Waals surface area contributed by atoms with Gasteiger partial charge < -0.3 is 10.4 Å². The Morgan fingerprint density at radius 2 is 2.22 bits per heavy atom. The Morgan fingerprint density at radius 1 is 1.39 bits per heavy atom. The van der Waals surface area contributed by atoms with Crippen LogP contribution in [0.15, 0.2) is 18.2 Å². The lowest BCUT2D eigenvalue weighted by Gasteiger charge is -2.30. The van der Waals surface area contributed by atoms with E-state index >= 15 is 0 Å². The molecule has 100 valence electrons. The Morgan fingerprint density at radius 3 is 2.94 bits per heavy atom. The van der Waals surface area contributed by atoms with Gasteiger partial charge >= 0.3 is 0 Å². The molecule has 1 atom stereocenters. The third-order valence-corrected chi connectivity index (χ3v) is 3.58. The van der Waals surface area contributed by atoms with E-state index < -0.39 is 0 Å². The van der Waals surface area contributed by atoms with E-state index in [2.05, 4.69) is 10.2 Å². The topological polar surface area (TPSA) is 35.5 Å². The second kappa shape index (κ2) is 6.27. The van der Waals surface area contributed by atoms with Crippen LogP contribution in [0.4, 0.5) is 4.39 Å². The molecule has 2 rings (SSSR count). The molecule has 0 radical (unpaired) electrons. The summed E-state index contributed by atoms with van der Waals surface area (Å²) in [5, 5.41) is 13.0. The van der Waals surface area contributed by atoms with E-state index in [0.29, 0.717) is 0 Å². The third-order valence-electron chi connectivity index (χ3n) is 3.58. The number of hydrogen-bond acceptors (Lipinski definition) is 3. The van der Waals surface area contributed by atoms with E-state index in [9.17, 15) is 9.50 Å². The number of halogens is 1. The van der Waals surface area contributed by atoms with E-state index in [1.165, 1.54) is 12.1 Å². The van der Waals surface area contributed by atoms with Gasteiger partial charge in [0.15, 0.2) is 0 Å². The summed E-state index contributed by atoms with van der Waals surface area (Å²) in [6.45, 7) is 5.83. The number of hydrogen-bond donors (Lipinski definition) is 2. The summed E-state index contributed by atoms with van der Waals surface area (Å²) in [5.41, 5.74) is 1.94. The van der Waals surface area contributed by atoms with E-state index in [1.807, 2.05) is 6.92 Å². The van der Waals surface area contributed by atoms with Gasteiger partial charge in [-0.25, -0.2) is 4.39 Å². The minimum Gasteiger partial charge on any atom is -0.394 e. The lowest BCUT2D eigenvalue weighted by Crippen LogP contribution is -2.34. The molecule has 1 unspecified atom stereocenters. The number of nitrogens with zero attached hydrogens (tertiary/aromatic N) is 1. The summed E-state index contributed by atoms with van der Waals surface area (Å²) in [4.78, 5) is 2.28. The van der Waals surface area contributed by atoms with Gasteiger partial charge in [-0.1, -0.05) is 6.07 Å². The van der Waals surface area contributed by atoms with Crippen LogP contribution in [0.25, 0.3) is 0 Å². The van der Waals surface area contributed by atoms with Crippen LogP contribution in [0.5, 0.6) is 0 Å². The molecule has 1 aliphatic rings. The molecule has 0 aliphatic carbocycles. The summed E-state index contributed by atoms with van der Waals surface area (Å²) in [5.74, 6) is -0.217. The molecule has 4 heteroatoms. The maximum Gasteiger partial charge on any atom is 0.123 e. The number of nitrogens with one attached hydrogen (secondary N) is 1. The van der Waals surface area contributed by atoms with E-state index in [-0.39, 0.29) is 18.5 Å². The van der Waals surface area contributed by atoms with Crippen molar-refractivity contribution < 1.29 is 9.50 Å². The molecule has 18 heavy (non-hydrogen) atoms. The van der Waals surface area contributed by atoms with E-state index in [0.717, 1.165) is 43.7 Å². The van der Waals surface area contributed by atoms with Crippen LogP contribution in [-0.2, 0) is 0 Å². The smallest absolute Gasteiger partial charge is 0.123 e. The van der Waals surface area contributed by atoms with Crippen molar-refractivity contribution in [3.05, 3.63) is 35.1 Å². The molecule has 0 bridgehead atoms. The first-order valence-electron chi connectivity index (χ1n) is 6.54. The summed E-state index contributed by atoms with van der Waals surface area (Å²) in [6.07, 6.45) is 1.08. The third kappa shape index (κ3) is 3.07.